The van der Waals surface area contributed by atoms with Crippen molar-refractivity contribution in [3.8, 4) is 0 Å². The van der Waals surface area contributed by atoms with E-state index in [1.165, 1.54) is 6.26 Å². The van der Waals surface area contributed by atoms with Gasteiger partial charge in [0.1, 0.15) is 0 Å². The molecule has 0 spiro atoms. The van der Waals surface area contributed by atoms with Crippen LogP contribution in [0.5, 0.6) is 0 Å². The average molecular weight is 303 g/mol. The van der Waals surface area contributed by atoms with Gasteiger partial charge in [0.25, 0.3) is 0 Å². The van der Waals surface area contributed by atoms with Gasteiger partial charge in [-0.2, -0.15) is 0 Å². The van der Waals surface area contributed by atoms with E-state index in [4.69, 9.17) is 5.11 Å². The summed E-state index contributed by atoms with van der Waals surface area (Å²) in [6.45, 7) is 1.82. The zero-order valence-corrected chi connectivity index (χ0v) is 12.9. The standard InChI is InChI=1S/C14H25NO4S/c1-20(18,19)13-6-2-5-12(13)15-9-3-4-11(10-15)7-8-14(16)17/h11-13H,2-10H2,1H3,(H,16,17). The molecule has 20 heavy (non-hydrogen) atoms. The highest BCUT2D eigenvalue weighted by Gasteiger charge is 2.39. The lowest BCUT2D eigenvalue weighted by Crippen LogP contribution is -2.48. The van der Waals surface area contributed by atoms with Crippen molar-refractivity contribution in [1.82, 2.24) is 4.90 Å². The van der Waals surface area contributed by atoms with Gasteiger partial charge >= 0.3 is 5.97 Å². The first-order valence-corrected chi connectivity index (χ1v) is 9.48. The van der Waals surface area contributed by atoms with Gasteiger partial charge in [-0.05, 0) is 44.6 Å². The Kier molecular flexibility index (Phi) is 5.07. The lowest BCUT2D eigenvalue weighted by molar-refractivity contribution is -0.137. The summed E-state index contributed by atoms with van der Waals surface area (Å²) >= 11 is 0. The first-order valence-electron chi connectivity index (χ1n) is 7.52. The Morgan fingerprint density at radius 2 is 2.00 bits per heavy atom. The van der Waals surface area contributed by atoms with Gasteiger partial charge in [-0.15, -0.1) is 0 Å². The van der Waals surface area contributed by atoms with E-state index >= 15 is 0 Å². The molecule has 3 unspecified atom stereocenters. The number of piperidine rings is 1. The Labute approximate surface area is 121 Å². The molecule has 1 saturated heterocycles. The molecule has 3 atom stereocenters. The van der Waals surface area contributed by atoms with E-state index in [0.717, 1.165) is 45.2 Å². The largest absolute Gasteiger partial charge is 0.481 e. The van der Waals surface area contributed by atoms with Crippen molar-refractivity contribution in [2.24, 2.45) is 5.92 Å². The summed E-state index contributed by atoms with van der Waals surface area (Å²) in [6, 6.07) is 0.151. The molecule has 1 saturated carbocycles. The molecule has 2 aliphatic rings. The van der Waals surface area contributed by atoms with Gasteiger partial charge in [0.05, 0.1) is 5.25 Å². The number of carboxylic acid groups (broad SMARTS) is 1. The smallest absolute Gasteiger partial charge is 0.303 e. The molecule has 116 valence electrons. The van der Waals surface area contributed by atoms with Crippen LogP contribution >= 0.6 is 0 Å². The number of aliphatic carboxylic acids is 1. The fourth-order valence-corrected chi connectivity index (χ4v) is 5.26. The minimum absolute atomic E-state index is 0.151. The molecule has 6 heteroatoms. The second kappa shape index (κ2) is 6.43. The van der Waals surface area contributed by atoms with E-state index in [1.807, 2.05) is 0 Å². The average Bonchev–Trinajstić information content (AvgIpc) is 2.86. The van der Waals surface area contributed by atoms with E-state index in [9.17, 15) is 13.2 Å². The van der Waals surface area contributed by atoms with Crippen LogP contribution in [0, 0.1) is 5.92 Å². The van der Waals surface area contributed by atoms with Crippen molar-refractivity contribution in [2.75, 3.05) is 19.3 Å². The molecule has 5 nitrogen and oxygen atoms in total. The van der Waals surface area contributed by atoms with Crippen LogP contribution < -0.4 is 0 Å². The summed E-state index contributed by atoms with van der Waals surface area (Å²) in [5.74, 6) is -0.335. The fraction of sp³-hybridized carbons (Fsp3) is 0.929. The summed E-state index contributed by atoms with van der Waals surface area (Å²) in [4.78, 5) is 13.0. The third kappa shape index (κ3) is 3.95. The SMILES string of the molecule is CS(=O)(=O)C1CCCC1N1CCCC(CCC(=O)O)C1. The molecule has 1 aliphatic carbocycles. The van der Waals surface area contributed by atoms with Gasteiger partial charge in [-0.3, -0.25) is 9.69 Å². The lowest BCUT2D eigenvalue weighted by Gasteiger charge is -2.38. The highest BCUT2D eigenvalue weighted by molar-refractivity contribution is 7.91. The number of likely N-dealkylation sites (tertiary alicyclic amines) is 1. The monoisotopic (exact) mass is 303 g/mol. The van der Waals surface area contributed by atoms with Crippen LogP contribution in [0.15, 0.2) is 0 Å². The molecule has 0 radical (unpaired) electrons. The van der Waals surface area contributed by atoms with Crippen molar-refractivity contribution in [3.63, 3.8) is 0 Å². The summed E-state index contributed by atoms with van der Waals surface area (Å²) in [7, 11) is -2.98. The number of nitrogens with zero attached hydrogens (tertiary/aromatic N) is 1. The fourth-order valence-electron chi connectivity index (χ4n) is 3.79. The predicted octanol–water partition coefficient (Wildman–Crippen LogP) is 1.53. The van der Waals surface area contributed by atoms with Crippen LogP contribution in [0.3, 0.4) is 0 Å². The number of carboxylic acids is 1. The van der Waals surface area contributed by atoms with Crippen molar-refractivity contribution < 1.29 is 18.3 Å². The molecular weight excluding hydrogens is 278 g/mol. The second-order valence-corrected chi connectivity index (χ2v) is 8.57. The van der Waals surface area contributed by atoms with Gasteiger partial charge in [0.2, 0.25) is 0 Å². The lowest BCUT2D eigenvalue weighted by atomic mass is 9.92. The normalized spacial score (nSPS) is 32.4. The van der Waals surface area contributed by atoms with E-state index < -0.39 is 15.8 Å². The molecule has 0 bridgehead atoms. The molecule has 1 aliphatic heterocycles. The van der Waals surface area contributed by atoms with Gasteiger partial charge in [0, 0.05) is 25.3 Å². The van der Waals surface area contributed by atoms with E-state index in [1.54, 1.807) is 0 Å². The van der Waals surface area contributed by atoms with Crippen LogP contribution in [0.2, 0.25) is 0 Å². The molecule has 0 amide bonds. The molecule has 2 rings (SSSR count). The molecule has 1 heterocycles. The summed E-state index contributed by atoms with van der Waals surface area (Å²) < 4.78 is 23.8. The number of rotatable bonds is 5. The van der Waals surface area contributed by atoms with Crippen molar-refractivity contribution in [3.05, 3.63) is 0 Å². The first-order chi connectivity index (χ1) is 9.38. The van der Waals surface area contributed by atoms with Gasteiger partial charge in [0.15, 0.2) is 9.84 Å². The number of carbonyl (C=O) groups is 1. The van der Waals surface area contributed by atoms with Gasteiger partial charge < -0.3 is 5.11 Å². The topological polar surface area (TPSA) is 74.7 Å². The zero-order chi connectivity index (χ0) is 14.8. The summed E-state index contributed by atoms with van der Waals surface area (Å²) in [5, 5.41) is 8.56. The maximum Gasteiger partial charge on any atom is 0.303 e. The maximum absolute atomic E-state index is 11.9. The van der Waals surface area contributed by atoms with Gasteiger partial charge in [-0.25, -0.2) is 8.42 Å². The third-order valence-corrected chi connectivity index (χ3v) is 6.40. The number of hydrogen-bond acceptors (Lipinski definition) is 4. The Hall–Kier alpha value is -0.620. The quantitative estimate of drug-likeness (QED) is 0.833. The van der Waals surface area contributed by atoms with Crippen LogP contribution in [0.25, 0.3) is 0 Å². The summed E-state index contributed by atoms with van der Waals surface area (Å²) in [5.41, 5.74) is 0. The van der Waals surface area contributed by atoms with Crippen LogP contribution in [-0.4, -0.2) is 55.0 Å². The molecule has 0 aromatic heterocycles. The second-order valence-electron chi connectivity index (χ2n) is 6.30. The molecule has 2 fully saturated rings. The minimum Gasteiger partial charge on any atom is -0.481 e. The predicted molar refractivity (Wildman–Crippen MR) is 77.4 cm³/mol. The van der Waals surface area contributed by atoms with Crippen molar-refractivity contribution in [2.45, 2.75) is 56.2 Å². The summed E-state index contributed by atoms with van der Waals surface area (Å²) in [6.07, 6.45) is 7.13. The number of sulfone groups is 1. The van der Waals surface area contributed by atoms with Crippen LogP contribution in [0.4, 0.5) is 0 Å². The third-order valence-electron chi connectivity index (χ3n) is 4.75. The van der Waals surface area contributed by atoms with Crippen molar-refractivity contribution in [1.29, 1.82) is 0 Å². The molecule has 0 aromatic rings. The molecule has 1 N–H and O–H groups in total. The maximum atomic E-state index is 11.9. The Balaban J connectivity index is 1.96. The Bertz CT molecular complexity index is 448. The van der Waals surface area contributed by atoms with Crippen LogP contribution in [0.1, 0.15) is 44.9 Å². The van der Waals surface area contributed by atoms with E-state index in [2.05, 4.69) is 4.90 Å². The van der Waals surface area contributed by atoms with E-state index in [0.29, 0.717) is 12.3 Å². The molecule has 0 aromatic carbocycles. The Morgan fingerprint density at radius 3 is 2.65 bits per heavy atom. The van der Waals surface area contributed by atoms with Crippen molar-refractivity contribution >= 4 is 15.8 Å². The number of hydrogen-bond donors (Lipinski definition) is 1. The highest BCUT2D eigenvalue weighted by Crippen LogP contribution is 2.33. The zero-order valence-electron chi connectivity index (χ0n) is 12.1. The van der Waals surface area contributed by atoms with E-state index in [-0.39, 0.29) is 17.7 Å². The highest BCUT2D eigenvalue weighted by atomic mass is 32.2. The van der Waals surface area contributed by atoms with Crippen LogP contribution in [-0.2, 0) is 14.6 Å². The van der Waals surface area contributed by atoms with Gasteiger partial charge in [-0.1, -0.05) is 6.42 Å². The Morgan fingerprint density at radius 1 is 1.25 bits per heavy atom. The minimum atomic E-state index is -2.98. The molecular formula is C14H25NO4S. The first kappa shape index (κ1) is 15.8.